The van der Waals surface area contributed by atoms with Crippen molar-refractivity contribution >= 4 is 33.1 Å². The number of aryl methyl sites for hydroxylation is 1. The molecule has 0 saturated heterocycles. The van der Waals surface area contributed by atoms with E-state index in [-0.39, 0.29) is 18.0 Å². The Morgan fingerprint density at radius 2 is 2.26 bits per heavy atom. The number of nitriles is 1. The molecule has 1 amide bonds. The van der Waals surface area contributed by atoms with E-state index in [0.717, 1.165) is 4.88 Å². The number of aromatic nitrogens is 2. The second-order valence-electron chi connectivity index (χ2n) is 4.99. The Morgan fingerprint density at radius 3 is 3.04 bits per heavy atom. The molecule has 6 nitrogen and oxygen atoms in total. The molecule has 0 fully saturated rings. The average Bonchev–Trinajstić information content (AvgIpc) is 2.92. The fraction of sp³-hybridized carbons (Fsp3) is 0.125. The summed E-state index contributed by atoms with van der Waals surface area (Å²) in [5.41, 5.74) is 0.736. The number of hydrogen-bond acceptors (Lipinski definition) is 5. The molecule has 0 aliphatic carbocycles. The number of fused-ring (bicyclic) bond motifs is 1. The zero-order valence-corrected chi connectivity index (χ0v) is 13.1. The van der Waals surface area contributed by atoms with Crippen LogP contribution >= 0.6 is 11.3 Å². The molecule has 2 heterocycles. The second-order valence-corrected chi connectivity index (χ2v) is 6.23. The van der Waals surface area contributed by atoms with Gasteiger partial charge in [0.2, 0.25) is 5.91 Å². The first-order chi connectivity index (χ1) is 11.1. The van der Waals surface area contributed by atoms with Crippen molar-refractivity contribution in [2.24, 2.45) is 0 Å². The van der Waals surface area contributed by atoms with Crippen LogP contribution in [0.3, 0.4) is 0 Å². The highest BCUT2D eigenvalue weighted by Crippen LogP contribution is 2.19. The van der Waals surface area contributed by atoms with Crippen LogP contribution in [-0.4, -0.2) is 15.5 Å². The summed E-state index contributed by atoms with van der Waals surface area (Å²) in [6, 6.07) is 10.4. The van der Waals surface area contributed by atoms with Gasteiger partial charge in [0.05, 0.1) is 23.3 Å². The Bertz CT molecular complexity index is 997. The zero-order chi connectivity index (χ0) is 16.4. The first-order valence-electron chi connectivity index (χ1n) is 6.82. The Kier molecular flexibility index (Phi) is 3.91. The second kappa shape index (κ2) is 6.02. The van der Waals surface area contributed by atoms with Gasteiger partial charge in [-0.15, -0.1) is 11.3 Å². The van der Waals surface area contributed by atoms with E-state index in [2.05, 4.69) is 10.3 Å². The average molecular weight is 324 g/mol. The van der Waals surface area contributed by atoms with E-state index < -0.39 is 0 Å². The molecule has 1 N–H and O–H groups in total. The lowest BCUT2D eigenvalue weighted by molar-refractivity contribution is -0.116. The van der Waals surface area contributed by atoms with Gasteiger partial charge in [0.25, 0.3) is 5.56 Å². The van der Waals surface area contributed by atoms with Crippen LogP contribution in [0.4, 0.5) is 5.69 Å². The molecule has 0 saturated carbocycles. The maximum atomic E-state index is 12.3. The summed E-state index contributed by atoms with van der Waals surface area (Å²) < 4.78 is 1.28. The van der Waals surface area contributed by atoms with Crippen molar-refractivity contribution in [3.8, 4) is 6.07 Å². The topological polar surface area (TPSA) is 87.8 Å². The van der Waals surface area contributed by atoms with Crippen molar-refractivity contribution in [1.82, 2.24) is 9.55 Å². The van der Waals surface area contributed by atoms with E-state index in [1.807, 2.05) is 13.0 Å². The molecule has 114 valence electrons. The third kappa shape index (κ3) is 3.12. The van der Waals surface area contributed by atoms with Crippen LogP contribution in [0.1, 0.15) is 10.4 Å². The summed E-state index contributed by atoms with van der Waals surface area (Å²) in [7, 11) is 0. The van der Waals surface area contributed by atoms with Gasteiger partial charge < -0.3 is 5.32 Å². The molecule has 2 aromatic heterocycles. The fourth-order valence-electron chi connectivity index (χ4n) is 2.21. The third-order valence-electron chi connectivity index (χ3n) is 3.23. The number of nitrogens with one attached hydrogen (secondary N) is 1. The molecule has 1 aromatic carbocycles. The predicted octanol–water partition coefficient (Wildman–Crippen LogP) is 2.28. The van der Waals surface area contributed by atoms with Crippen molar-refractivity contribution < 1.29 is 4.79 Å². The van der Waals surface area contributed by atoms with Crippen molar-refractivity contribution in [2.45, 2.75) is 13.5 Å². The molecule has 0 radical (unpaired) electrons. The lowest BCUT2D eigenvalue weighted by Gasteiger charge is -2.07. The SMILES string of the molecule is Cc1cc2c(=O)n(CC(=O)Nc3cccc(C#N)c3)cnc2s1. The van der Waals surface area contributed by atoms with Gasteiger partial charge in [0, 0.05) is 10.6 Å². The standard InChI is InChI=1S/C16H12N4O2S/c1-10-5-13-15(23-10)18-9-20(16(13)22)8-14(21)19-12-4-2-3-11(6-12)7-17/h2-6,9H,8H2,1H3,(H,19,21). The van der Waals surface area contributed by atoms with Crippen molar-refractivity contribution in [3.63, 3.8) is 0 Å². The fourth-order valence-corrected chi connectivity index (χ4v) is 3.05. The number of thiophene rings is 1. The summed E-state index contributed by atoms with van der Waals surface area (Å²) in [6.07, 6.45) is 1.38. The number of amides is 1. The first kappa shape index (κ1) is 14.9. The van der Waals surface area contributed by atoms with Crippen LogP contribution in [0, 0.1) is 18.3 Å². The molecule has 3 rings (SSSR count). The summed E-state index contributed by atoms with van der Waals surface area (Å²) in [5, 5.41) is 12.0. The molecule has 0 atom stereocenters. The Hall–Kier alpha value is -2.98. The minimum absolute atomic E-state index is 0.131. The van der Waals surface area contributed by atoms with Crippen molar-refractivity contribution in [3.05, 3.63) is 57.5 Å². The maximum absolute atomic E-state index is 12.3. The number of benzene rings is 1. The van der Waals surface area contributed by atoms with Gasteiger partial charge >= 0.3 is 0 Å². The number of anilines is 1. The van der Waals surface area contributed by atoms with Gasteiger partial charge in [-0.1, -0.05) is 6.07 Å². The van der Waals surface area contributed by atoms with Gasteiger partial charge in [-0.25, -0.2) is 4.98 Å². The monoisotopic (exact) mass is 324 g/mol. The Morgan fingerprint density at radius 1 is 1.43 bits per heavy atom. The molecular weight excluding hydrogens is 312 g/mol. The number of carbonyl (C=O) groups excluding carboxylic acids is 1. The summed E-state index contributed by atoms with van der Waals surface area (Å²) >= 11 is 1.44. The van der Waals surface area contributed by atoms with Crippen LogP contribution < -0.4 is 10.9 Å². The van der Waals surface area contributed by atoms with E-state index in [0.29, 0.717) is 21.5 Å². The Balaban J connectivity index is 1.81. The van der Waals surface area contributed by atoms with E-state index in [1.165, 1.54) is 22.2 Å². The minimum Gasteiger partial charge on any atom is -0.324 e. The quantitative estimate of drug-likeness (QED) is 0.800. The first-order valence-corrected chi connectivity index (χ1v) is 7.64. The molecule has 3 aromatic rings. The molecule has 7 heteroatoms. The van der Waals surface area contributed by atoms with Crippen LogP contribution in [-0.2, 0) is 11.3 Å². The molecule has 0 bridgehead atoms. The molecular formula is C16H12N4O2S. The maximum Gasteiger partial charge on any atom is 0.262 e. The highest BCUT2D eigenvalue weighted by atomic mass is 32.1. The van der Waals surface area contributed by atoms with Crippen molar-refractivity contribution in [2.75, 3.05) is 5.32 Å². The number of hydrogen-bond donors (Lipinski definition) is 1. The third-order valence-corrected chi connectivity index (χ3v) is 4.19. The van der Waals surface area contributed by atoms with Gasteiger partial charge in [-0.05, 0) is 31.2 Å². The molecule has 0 spiro atoms. The smallest absolute Gasteiger partial charge is 0.262 e. The highest BCUT2D eigenvalue weighted by molar-refractivity contribution is 7.18. The van der Waals surface area contributed by atoms with Crippen LogP contribution in [0.2, 0.25) is 0 Å². The van der Waals surface area contributed by atoms with Gasteiger partial charge in [-0.2, -0.15) is 5.26 Å². The molecule has 0 unspecified atom stereocenters. The predicted molar refractivity (Wildman–Crippen MR) is 88.4 cm³/mol. The van der Waals surface area contributed by atoms with E-state index in [1.54, 1.807) is 30.3 Å². The summed E-state index contributed by atoms with van der Waals surface area (Å²) in [4.78, 5) is 30.3. The number of carbonyl (C=O) groups is 1. The lowest BCUT2D eigenvalue weighted by Crippen LogP contribution is -2.27. The summed E-state index contributed by atoms with van der Waals surface area (Å²) in [6.45, 7) is 1.78. The lowest BCUT2D eigenvalue weighted by atomic mass is 10.2. The van der Waals surface area contributed by atoms with Crippen LogP contribution in [0.15, 0.2) is 41.5 Å². The zero-order valence-electron chi connectivity index (χ0n) is 12.2. The number of rotatable bonds is 3. The normalized spacial score (nSPS) is 10.4. The van der Waals surface area contributed by atoms with E-state index >= 15 is 0 Å². The van der Waals surface area contributed by atoms with E-state index in [9.17, 15) is 9.59 Å². The summed E-state index contributed by atoms with van der Waals surface area (Å²) in [5.74, 6) is -0.352. The van der Waals surface area contributed by atoms with Crippen molar-refractivity contribution in [1.29, 1.82) is 5.26 Å². The van der Waals surface area contributed by atoms with Crippen LogP contribution in [0.5, 0.6) is 0 Å². The largest absolute Gasteiger partial charge is 0.324 e. The number of nitrogens with zero attached hydrogens (tertiary/aromatic N) is 3. The highest BCUT2D eigenvalue weighted by Gasteiger charge is 2.10. The van der Waals surface area contributed by atoms with Crippen LogP contribution in [0.25, 0.3) is 10.2 Å². The van der Waals surface area contributed by atoms with Gasteiger partial charge in [0.1, 0.15) is 11.4 Å². The van der Waals surface area contributed by atoms with Gasteiger partial charge in [-0.3, -0.25) is 14.2 Å². The molecule has 0 aliphatic rings. The molecule has 0 aliphatic heterocycles. The Labute approximate surface area is 135 Å². The van der Waals surface area contributed by atoms with Gasteiger partial charge in [0.15, 0.2) is 0 Å². The minimum atomic E-state index is -0.352. The molecule has 23 heavy (non-hydrogen) atoms. The van der Waals surface area contributed by atoms with E-state index in [4.69, 9.17) is 5.26 Å².